The standard InChI is InChI=1S/C16H28N4OS/c1-4-13(3)17-15(21)11-20-8-6-19(7-9-20)10-14-12-22-16(5-2)18-14/h12-13H,4-11H2,1-3H3,(H,17,21)/t13-/m1/s1. The summed E-state index contributed by atoms with van der Waals surface area (Å²) in [5, 5.41) is 6.42. The van der Waals surface area contributed by atoms with Crippen LogP contribution in [0.3, 0.4) is 0 Å². The third-order valence-corrected chi connectivity index (χ3v) is 5.18. The number of rotatable bonds is 7. The number of hydrogen-bond acceptors (Lipinski definition) is 5. The predicted molar refractivity (Wildman–Crippen MR) is 91.1 cm³/mol. The van der Waals surface area contributed by atoms with E-state index in [1.54, 1.807) is 11.3 Å². The van der Waals surface area contributed by atoms with Gasteiger partial charge < -0.3 is 5.32 Å². The molecule has 1 amide bonds. The molecule has 5 nitrogen and oxygen atoms in total. The first kappa shape index (κ1) is 17.4. The number of nitrogens with zero attached hydrogens (tertiary/aromatic N) is 3. The molecule has 124 valence electrons. The largest absolute Gasteiger partial charge is 0.353 e. The van der Waals surface area contributed by atoms with Crippen molar-refractivity contribution in [3.63, 3.8) is 0 Å². The zero-order valence-electron chi connectivity index (χ0n) is 14.0. The van der Waals surface area contributed by atoms with Crippen molar-refractivity contribution >= 4 is 17.2 Å². The van der Waals surface area contributed by atoms with Crippen molar-refractivity contribution in [2.45, 2.75) is 46.2 Å². The zero-order valence-corrected chi connectivity index (χ0v) is 14.8. The molecule has 6 heteroatoms. The van der Waals surface area contributed by atoms with Crippen LogP contribution in [-0.4, -0.2) is 59.5 Å². The quantitative estimate of drug-likeness (QED) is 0.830. The summed E-state index contributed by atoms with van der Waals surface area (Å²) in [6.07, 6.45) is 2.00. The summed E-state index contributed by atoms with van der Waals surface area (Å²) in [4.78, 5) is 21.2. The van der Waals surface area contributed by atoms with E-state index in [0.29, 0.717) is 6.54 Å². The van der Waals surface area contributed by atoms with Gasteiger partial charge in [-0.05, 0) is 19.8 Å². The molecule has 0 aromatic carbocycles. The molecule has 2 rings (SSSR count). The highest BCUT2D eigenvalue weighted by atomic mass is 32.1. The first-order valence-electron chi connectivity index (χ1n) is 8.28. The molecule has 0 unspecified atom stereocenters. The summed E-state index contributed by atoms with van der Waals surface area (Å²) in [6.45, 7) is 11.7. The minimum atomic E-state index is 0.148. The van der Waals surface area contributed by atoms with Gasteiger partial charge in [0.2, 0.25) is 5.91 Å². The number of amides is 1. The van der Waals surface area contributed by atoms with Crippen LogP contribution in [0.15, 0.2) is 5.38 Å². The summed E-state index contributed by atoms with van der Waals surface area (Å²) < 4.78 is 0. The average Bonchev–Trinajstić information content (AvgIpc) is 2.96. The van der Waals surface area contributed by atoms with E-state index in [2.05, 4.69) is 39.3 Å². The predicted octanol–water partition coefficient (Wildman–Crippen LogP) is 1.74. The number of hydrogen-bond donors (Lipinski definition) is 1. The van der Waals surface area contributed by atoms with Crippen LogP contribution in [0, 0.1) is 0 Å². The number of piperazine rings is 1. The number of thiazole rings is 1. The Balaban J connectivity index is 1.70. The molecule has 2 heterocycles. The minimum Gasteiger partial charge on any atom is -0.353 e. The van der Waals surface area contributed by atoms with Crippen molar-refractivity contribution in [1.29, 1.82) is 0 Å². The van der Waals surface area contributed by atoms with Crippen molar-refractivity contribution in [2.75, 3.05) is 32.7 Å². The van der Waals surface area contributed by atoms with Gasteiger partial charge in [0.05, 0.1) is 17.2 Å². The van der Waals surface area contributed by atoms with Crippen LogP contribution in [0.4, 0.5) is 0 Å². The van der Waals surface area contributed by atoms with E-state index in [1.165, 1.54) is 10.7 Å². The first-order valence-corrected chi connectivity index (χ1v) is 9.16. The van der Waals surface area contributed by atoms with E-state index in [9.17, 15) is 4.79 Å². The molecule has 1 N–H and O–H groups in total. The Kier molecular flexibility index (Phi) is 6.79. The van der Waals surface area contributed by atoms with E-state index in [1.807, 2.05) is 6.92 Å². The van der Waals surface area contributed by atoms with Crippen LogP contribution in [0.1, 0.15) is 37.9 Å². The Morgan fingerprint density at radius 3 is 2.59 bits per heavy atom. The van der Waals surface area contributed by atoms with Gasteiger partial charge >= 0.3 is 0 Å². The Morgan fingerprint density at radius 2 is 2.00 bits per heavy atom. The van der Waals surface area contributed by atoms with Gasteiger partial charge in [-0.2, -0.15) is 0 Å². The smallest absolute Gasteiger partial charge is 0.234 e. The second kappa shape index (κ2) is 8.60. The van der Waals surface area contributed by atoms with Gasteiger partial charge in [-0.3, -0.25) is 14.6 Å². The molecule has 0 bridgehead atoms. The van der Waals surface area contributed by atoms with E-state index >= 15 is 0 Å². The summed E-state index contributed by atoms with van der Waals surface area (Å²) in [5.74, 6) is 0.148. The Labute approximate surface area is 137 Å². The average molecular weight is 324 g/mol. The molecule has 0 spiro atoms. The lowest BCUT2D eigenvalue weighted by Gasteiger charge is -2.34. The third kappa shape index (κ3) is 5.34. The van der Waals surface area contributed by atoms with Gasteiger partial charge in [0.1, 0.15) is 0 Å². The number of aryl methyl sites for hydroxylation is 1. The van der Waals surface area contributed by atoms with Crippen molar-refractivity contribution in [3.8, 4) is 0 Å². The van der Waals surface area contributed by atoms with Crippen molar-refractivity contribution < 1.29 is 4.79 Å². The van der Waals surface area contributed by atoms with Gasteiger partial charge in [-0.1, -0.05) is 13.8 Å². The van der Waals surface area contributed by atoms with Crippen LogP contribution >= 0.6 is 11.3 Å². The molecule has 1 aromatic heterocycles. The van der Waals surface area contributed by atoms with E-state index in [0.717, 1.165) is 45.6 Å². The van der Waals surface area contributed by atoms with Gasteiger partial charge in [0.25, 0.3) is 0 Å². The van der Waals surface area contributed by atoms with Gasteiger partial charge in [-0.25, -0.2) is 4.98 Å². The molecule has 1 aromatic rings. The second-order valence-corrected chi connectivity index (χ2v) is 6.96. The SMILES string of the molecule is CCc1nc(CN2CCN(CC(=O)N[C@H](C)CC)CC2)cs1. The molecule has 1 saturated heterocycles. The summed E-state index contributed by atoms with van der Waals surface area (Å²) in [5.41, 5.74) is 1.19. The topological polar surface area (TPSA) is 48.5 Å². The molecule has 1 atom stereocenters. The zero-order chi connectivity index (χ0) is 15.9. The molecule has 0 aliphatic carbocycles. The third-order valence-electron chi connectivity index (χ3n) is 4.14. The van der Waals surface area contributed by atoms with Crippen LogP contribution in [-0.2, 0) is 17.8 Å². The maximum absolute atomic E-state index is 11.9. The minimum absolute atomic E-state index is 0.148. The first-order chi connectivity index (χ1) is 10.6. The summed E-state index contributed by atoms with van der Waals surface area (Å²) in [7, 11) is 0. The lowest BCUT2D eigenvalue weighted by atomic mass is 10.2. The number of carbonyl (C=O) groups excluding carboxylic acids is 1. The number of aromatic nitrogens is 1. The Morgan fingerprint density at radius 1 is 1.32 bits per heavy atom. The van der Waals surface area contributed by atoms with E-state index in [4.69, 9.17) is 0 Å². The molecular formula is C16H28N4OS. The Bertz CT molecular complexity index is 468. The Hall–Kier alpha value is -0.980. The fourth-order valence-corrected chi connectivity index (χ4v) is 3.28. The normalized spacial score (nSPS) is 18.3. The molecule has 1 aliphatic rings. The molecule has 1 aliphatic heterocycles. The van der Waals surface area contributed by atoms with E-state index in [-0.39, 0.29) is 11.9 Å². The van der Waals surface area contributed by atoms with Gasteiger partial charge in [0, 0.05) is 44.1 Å². The molecule has 0 saturated carbocycles. The fourth-order valence-electron chi connectivity index (χ4n) is 2.54. The van der Waals surface area contributed by atoms with Crippen LogP contribution < -0.4 is 5.32 Å². The number of carbonyl (C=O) groups is 1. The maximum atomic E-state index is 11.9. The van der Waals surface area contributed by atoms with Crippen LogP contribution in [0.2, 0.25) is 0 Å². The van der Waals surface area contributed by atoms with Crippen LogP contribution in [0.25, 0.3) is 0 Å². The maximum Gasteiger partial charge on any atom is 0.234 e. The molecule has 1 fully saturated rings. The number of nitrogens with one attached hydrogen (secondary N) is 1. The highest BCUT2D eigenvalue weighted by Crippen LogP contribution is 2.13. The van der Waals surface area contributed by atoms with Gasteiger partial charge in [0.15, 0.2) is 0 Å². The van der Waals surface area contributed by atoms with Crippen molar-refractivity contribution in [2.24, 2.45) is 0 Å². The summed E-state index contributed by atoms with van der Waals surface area (Å²) in [6, 6.07) is 0.270. The second-order valence-electron chi connectivity index (χ2n) is 6.02. The molecule has 0 radical (unpaired) electrons. The van der Waals surface area contributed by atoms with Gasteiger partial charge in [-0.15, -0.1) is 11.3 Å². The lowest BCUT2D eigenvalue weighted by molar-refractivity contribution is -0.123. The molecular weight excluding hydrogens is 296 g/mol. The monoisotopic (exact) mass is 324 g/mol. The summed E-state index contributed by atoms with van der Waals surface area (Å²) >= 11 is 1.75. The van der Waals surface area contributed by atoms with Crippen molar-refractivity contribution in [1.82, 2.24) is 20.1 Å². The fraction of sp³-hybridized carbons (Fsp3) is 0.750. The van der Waals surface area contributed by atoms with Crippen molar-refractivity contribution in [3.05, 3.63) is 16.1 Å². The lowest BCUT2D eigenvalue weighted by Crippen LogP contribution is -2.49. The highest BCUT2D eigenvalue weighted by molar-refractivity contribution is 7.09. The highest BCUT2D eigenvalue weighted by Gasteiger charge is 2.20. The van der Waals surface area contributed by atoms with E-state index < -0.39 is 0 Å². The molecule has 22 heavy (non-hydrogen) atoms. The van der Waals surface area contributed by atoms with Crippen LogP contribution in [0.5, 0.6) is 0 Å².